The molecule has 9 heavy (non-hydrogen) atoms. The first-order valence-corrected chi connectivity index (χ1v) is 3.29. The standard InChI is InChI=1S/C7H13NO/c1-5(2)7-8-4-6(3)9-7/h4-5,7-8H,1-3H3. The van der Waals surface area contributed by atoms with Gasteiger partial charge >= 0.3 is 0 Å². The van der Waals surface area contributed by atoms with Crippen molar-refractivity contribution in [2.75, 3.05) is 0 Å². The summed E-state index contributed by atoms with van der Waals surface area (Å²) in [5.41, 5.74) is 0. The maximum atomic E-state index is 5.37. The lowest BCUT2D eigenvalue weighted by Gasteiger charge is -2.15. The third kappa shape index (κ3) is 1.37. The maximum Gasteiger partial charge on any atom is 0.171 e. The number of nitrogens with one attached hydrogen (secondary N) is 1. The van der Waals surface area contributed by atoms with Crippen molar-refractivity contribution >= 4 is 0 Å². The fraction of sp³-hybridized carbons (Fsp3) is 0.714. The Kier molecular flexibility index (Phi) is 1.65. The quantitative estimate of drug-likeness (QED) is 0.575. The zero-order valence-corrected chi connectivity index (χ0v) is 6.14. The van der Waals surface area contributed by atoms with Gasteiger partial charge in [-0.05, 0) is 6.92 Å². The summed E-state index contributed by atoms with van der Waals surface area (Å²) < 4.78 is 5.37. The normalized spacial score (nSPS) is 25.3. The van der Waals surface area contributed by atoms with Crippen molar-refractivity contribution in [1.29, 1.82) is 0 Å². The number of ether oxygens (including phenoxy) is 1. The van der Waals surface area contributed by atoms with Crippen molar-refractivity contribution in [3.63, 3.8) is 0 Å². The molecular formula is C7H13NO. The zero-order chi connectivity index (χ0) is 6.85. The van der Waals surface area contributed by atoms with E-state index in [4.69, 9.17) is 4.74 Å². The minimum Gasteiger partial charge on any atom is -0.474 e. The molecule has 0 aliphatic carbocycles. The minimum absolute atomic E-state index is 0.199. The molecule has 1 rings (SSSR count). The topological polar surface area (TPSA) is 21.3 Å². The van der Waals surface area contributed by atoms with Gasteiger partial charge in [-0.15, -0.1) is 0 Å². The van der Waals surface area contributed by atoms with Crippen molar-refractivity contribution in [2.24, 2.45) is 5.92 Å². The molecule has 1 aliphatic rings. The molecule has 1 heterocycles. The SMILES string of the molecule is CC1=CNC(C(C)C)O1. The predicted molar refractivity (Wildman–Crippen MR) is 36.6 cm³/mol. The molecule has 1 aliphatic heterocycles. The summed E-state index contributed by atoms with van der Waals surface area (Å²) in [7, 11) is 0. The van der Waals surface area contributed by atoms with Crippen molar-refractivity contribution in [3.8, 4) is 0 Å². The molecule has 0 aromatic rings. The van der Waals surface area contributed by atoms with Crippen molar-refractivity contribution in [3.05, 3.63) is 12.0 Å². The van der Waals surface area contributed by atoms with E-state index >= 15 is 0 Å². The summed E-state index contributed by atoms with van der Waals surface area (Å²) in [5.74, 6) is 1.52. The molecule has 0 aromatic carbocycles. The van der Waals surface area contributed by atoms with Crippen LogP contribution in [0.15, 0.2) is 12.0 Å². The van der Waals surface area contributed by atoms with Gasteiger partial charge in [-0.2, -0.15) is 0 Å². The van der Waals surface area contributed by atoms with Gasteiger partial charge in [-0.25, -0.2) is 0 Å². The van der Waals surface area contributed by atoms with Gasteiger partial charge in [0.15, 0.2) is 6.23 Å². The molecule has 52 valence electrons. The third-order valence-corrected chi connectivity index (χ3v) is 1.37. The van der Waals surface area contributed by atoms with Crippen molar-refractivity contribution in [2.45, 2.75) is 27.0 Å². The first-order chi connectivity index (χ1) is 4.20. The Morgan fingerprint density at radius 2 is 2.33 bits per heavy atom. The highest BCUT2D eigenvalue weighted by Crippen LogP contribution is 2.13. The van der Waals surface area contributed by atoms with Crippen LogP contribution in [-0.4, -0.2) is 6.23 Å². The van der Waals surface area contributed by atoms with E-state index in [1.807, 2.05) is 13.1 Å². The Balaban J connectivity index is 2.37. The van der Waals surface area contributed by atoms with Gasteiger partial charge in [-0.3, -0.25) is 0 Å². The average Bonchev–Trinajstić information content (AvgIpc) is 2.14. The van der Waals surface area contributed by atoms with Crippen molar-refractivity contribution < 1.29 is 4.74 Å². The molecule has 0 spiro atoms. The third-order valence-electron chi connectivity index (χ3n) is 1.37. The van der Waals surface area contributed by atoms with Gasteiger partial charge in [0.05, 0.1) is 0 Å². The second-order valence-corrected chi connectivity index (χ2v) is 2.70. The van der Waals surface area contributed by atoms with Gasteiger partial charge in [0.1, 0.15) is 5.76 Å². The first-order valence-electron chi connectivity index (χ1n) is 3.29. The van der Waals surface area contributed by atoms with Crippen LogP contribution in [-0.2, 0) is 4.74 Å². The van der Waals surface area contributed by atoms with Gasteiger partial charge in [0.2, 0.25) is 0 Å². The van der Waals surface area contributed by atoms with Crippen LogP contribution in [0.25, 0.3) is 0 Å². The summed E-state index contributed by atoms with van der Waals surface area (Å²) in [4.78, 5) is 0. The number of hydrogen-bond acceptors (Lipinski definition) is 2. The largest absolute Gasteiger partial charge is 0.474 e. The molecule has 0 fully saturated rings. The van der Waals surface area contributed by atoms with Crippen LogP contribution in [0.1, 0.15) is 20.8 Å². The molecule has 2 heteroatoms. The minimum atomic E-state index is 0.199. The molecule has 2 nitrogen and oxygen atoms in total. The highest BCUT2D eigenvalue weighted by Gasteiger charge is 2.17. The Morgan fingerprint density at radius 1 is 1.67 bits per heavy atom. The van der Waals surface area contributed by atoms with Crippen LogP contribution in [0.5, 0.6) is 0 Å². The second-order valence-electron chi connectivity index (χ2n) is 2.70. The lowest BCUT2D eigenvalue weighted by molar-refractivity contribution is 0.0876. The van der Waals surface area contributed by atoms with Crippen LogP contribution < -0.4 is 5.32 Å². The number of rotatable bonds is 1. The molecule has 1 unspecified atom stereocenters. The smallest absolute Gasteiger partial charge is 0.171 e. The Hall–Kier alpha value is -0.660. The van der Waals surface area contributed by atoms with E-state index in [9.17, 15) is 0 Å². The molecule has 0 saturated carbocycles. The summed E-state index contributed by atoms with van der Waals surface area (Å²) in [6, 6.07) is 0. The van der Waals surface area contributed by atoms with Crippen LogP contribution in [0, 0.1) is 5.92 Å². The summed E-state index contributed by atoms with van der Waals surface area (Å²) >= 11 is 0. The van der Waals surface area contributed by atoms with E-state index in [2.05, 4.69) is 19.2 Å². The van der Waals surface area contributed by atoms with E-state index in [1.165, 1.54) is 0 Å². The Morgan fingerprint density at radius 3 is 2.56 bits per heavy atom. The summed E-state index contributed by atoms with van der Waals surface area (Å²) in [6.45, 7) is 6.21. The van der Waals surface area contributed by atoms with E-state index in [0.717, 1.165) is 5.76 Å². The molecule has 0 bridgehead atoms. The van der Waals surface area contributed by atoms with Crippen LogP contribution >= 0.6 is 0 Å². The molecule has 0 radical (unpaired) electrons. The molecule has 0 aromatic heterocycles. The van der Waals surface area contributed by atoms with E-state index in [0.29, 0.717) is 5.92 Å². The molecule has 1 N–H and O–H groups in total. The van der Waals surface area contributed by atoms with Gasteiger partial charge in [0, 0.05) is 12.1 Å². The van der Waals surface area contributed by atoms with E-state index in [1.54, 1.807) is 0 Å². The van der Waals surface area contributed by atoms with E-state index < -0.39 is 0 Å². The Labute approximate surface area is 55.9 Å². The molecule has 0 saturated heterocycles. The highest BCUT2D eigenvalue weighted by atomic mass is 16.5. The predicted octanol–water partition coefficient (Wildman–Crippen LogP) is 1.45. The fourth-order valence-electron chi connectivity index (χ4n) is 0.796. The van der Waals surface area contributed by atoms with Gasteiger partial charge in [-0.1, -0.05) is 13.8 Å². The highest BCUT2D eigenvalue weighted by molar-refractivity contribution is 4.94. The molecule has 1 atom stereocenters. The van der Waals surface area contributed by atoms with Crippen LogP contribution in [0.4, 0.5) is 0 Å². The number of hydrogen-bond donors (Lipinski definition) is 1. The van der Waals surface area contributed by atoms with Gasteiger partial charge in [0.25, 0.3) is 0 Å². The average molecular weight is 127 g/mol. The van der Waals surface area contributed by atoms with E-state index in [-0.39, 0.29) is 6.23 Å². The lowest BCUT2D eigenvalue weighted by atomic mass is 10.2. The first kappa shape index (κ1) is 6.46. The van der Waals surface area contributed by atoms with Gasteiger partial charge < -0.3 is 10.1 Å². The zero-order valence-electron chi connectivity index (χ0n) is 6.14. The summed E-state index contributed by atoms with van der Waals surface area (Å²) in [6.07, 6.45) is 2.11. The lowest BCUT2D eigenvalue weighted by Crippen LogP contribution is -2.26. The second kappa shape index (κ2) is 2.29. The summed E-state index contributed by atoms with van der Waals surface area (Å²) in [5, 5.41) is 3.12. The Bertz CT molecular complexity index is 129. The van der Waals surface area contributed by atoms with Crippen molar-refractivity contribution in [1.82, 2.24) is 5.32 Å². The van der Waals surface area contributed by atoms with Crippen LogP contribution in [0.2, 0.25) is 0 Å². The monoisotopic (exact) mass is 127 g/mol. The maximum absolute atomic E-state index is 5.37. The molecular weight excluding hydrogens is 114 g/mol. The fourth-order valence-corrected chi connectivity index (χ4v) is 0.796. The van der Waals surface area contributed by atoms with Crippen LogP contribution in [0.3, 0.4) is 0 Å². The molecule has 0 amide bonds. The number of allylic oxidation sites excluding steroid dienone is 1.